The monoisotopic (exact) mass is 452 g/mol. The predicted molar refractivity (Wildman–Crippen MR) is 115 cm³/mol. The summed E-state index contributed by atoms with van der Waals surface area (Å²) in [7, 11) is 0. The number of carbonyl (C=O) groups is 4. The minimum Gasteiger partial charge on any atom is -0.480 e. The quantitative estimate of drug-likeness (QED) is 0.192. The van der Waals surface area contributed by atoms with Crippen molar-refractivity contribution in [3.8, 4) is 0 Å². The Bertz CT molecular complexity index is 786. The number of aliphatic hydroxyl groups is 2. The van der Waals surface area contributed by atoms with Gasteiger partial charge in [0.25, 0.3) is 0 Å². The molecule has 0 saturated carbocycles. The van der Waals surface area contributed by atoms with E-state index >= 15 is 0 Å². The average molecular weight is 453 g/mol. The van der Waals surface area contributed by atoms with Crippen molar-refractivity contribution in [1.29, 1.82) is 0 Å². The van der Waals surface area contributed by atoms with E-state index in [1.807, 2.05) is 6.07 Å². The first-order valence-electron chi connectivity index (χ1n) is 10.2. The molecule has 1 aromatic carbocycles. The molecule has 178 valence electrons. The Kier molecular flexibility index (Phi) is 10.8. The minimum absolute atomic E-state index is 0.218. The zero-order valence-electron chi connectivity index (χ0n) is 18.3. The Balaban J connectivity index is 2.85. The van der Waals surface area contributed by atoms with Crippen LogP contribution in [0, 0.1) is 5.92 Å². The van der Waals surface area contributed by atoms with Gasteiger partial charge in [-0.3, -0.25) is 14.4 Å². The van der Waals surface area contributed by atoms with Crippen molar-refractivity contribution in [3.05, 3.63) is 35.9 Å². The van der Waals surface area contributed by atoms with Crippen LogP contribution in [-0.2, 0) is 25.6 Å². The first kappa shape index (κ1) is 27.0. The topological polar surface area (TPSA) is 191 Å². The van der Waals surface area contributed by atoms with Crippen LogP contribution >= 0.6 is 0 Å². The molecule has 11 nitrogen and oxygen atoms in total. The highest BCUT2D eigenvalue weighted by molar-refractivity contribution is 5.94. The van der Waals surface area contributed by atoms with Gasteiger partial charge >= 0.3 is 5.97 Å². The standard InChI is InChI=1S/C21H32N4O7/c1-11(2)16(19(29)23-15(10-26)21(31)32)24-20(30)17(12(3)27)25-18(28)14(22)9-13-7-5-4-6-8-13/h4-8,11-12,14-17,26-27H,9-10,22H2,1-3H3,(H,23,29)(H,24,30)(H,25,28)(H,31,32). The summed E-state index contributed by atoms with van der Waals surface area (Å²) in [5.74, 6) is -4.23. The van der Waals surface area contributed by atoms with Crippen LogP contribution in [0.4, 0.5) is 0 Å². The van der Waals surface area contributed by atoms with Gasteiger partial charge in [0.1, 0.15) is 18.1 Å². The van der Waals surface area contributed by atoms with Gasteiger partial charge in [-0.1, -0.05) is 44.2 Å². The lowest BCUT2D eigenvalue weighted by Crippen LogP contribution is -2.61. The summed E-state index contributed by atoms with van der Waals surface area (Å²) in [6, 6.07) is 3.94. The second-order valence-electron chi connectivity index (χ2n) is 7.84. The first-order valence-corrected chi connectivity index (χ1v) is 10.2. The maximum Gasteiger partial charge on any atom is 0.328 e. The number of hydrogen-bond acceptors (Lipinski definition) is 7. The number of amides is 3. The Labute approximate surface area is 186 Å². The van der Waals surface area contributed by atoms with Crippen LogP contribution in [0.1, 0.15) is 26.3 Å². The van der Waals surface area contributed by atoms with E-state index in [1.54, 1.807) is 38.1 Å². The first-order chi connectivity index (χ1) is 15.0. The Morgan fingerprint density at radius 1 is 0.906 bits per heavy atom. The van der Waals surface area contributed by atoms with Crippen LogP contribution in [0.5, 0.6) is 0 Å². The Morgan fingerprint density at radius 2 is 1.44 bits per heavy atom. The summed E-state index contributed by atoms with van der Waals surface area (Å²) >= 11 is 0. The second-order valence-corrected chi connectivity index (χ2v) is 7.84. The van der Waals surface area contributed by atoms with Crippen molar-refractivity contribution in [3.63, 3.8) is 0 Å². The van der Waals surface area contributed by atoms with Crippen molar-refractivity contribution in [1.82, 2.24) is 16.0 Å². The number of aliphatic hydroxyl groups excluding tert-OH is 2. The predicted octanol–water partition coefficient (Wildman–Crippen LogP) is -1.88. The molecule has 3 amide bonds. The van der Waals surface area contributed by atoms with Crippen molar-refractivity contribution < 1.29 is 34.5 Å². The third-order valence-corrected chi connectivity index (χ3v) is 4.74. The summed E-state index contributed by atoms with van der Waals surface area (Å²) in [5.41, 5.74) is 6.75. The SMILES string of the molecule is CC(C)C(NC(=O)C(NC(=O)C(N)Cc1ccccc1)C(C)O)C(=O)NC(CO)C(=O)O. The van der Waals surface area contributed by atoms with Gasteiger partial charge in [0.05, 0.1) is 18.8 Å². The van der Waals surface area contributed by atoms with Gasteiger partial charge in [-0.25, -0.2) is 4.79 Å². The summed E-state index contributed by atoms with van der Waals surface area (Å²) in [6.07, 6.45) is -1.08. The van der Waals surface area contributed by atoms with Gasteiger partial charge in [0, 0.05) is 0 Å². The third kappa shape index (κ3) is 8.25. The molecule has 32 heavy (non-hydrogen) atoms. The van der Waals surface area contributed by atoms with Crippen LogP contribution in [0.3, 0.4) is 0 Å². The molecular formula is C21H32N4O7. The van der Waals surface area contributed by atoms with Crippen LogP contribution in [0.25, 0.3) is 0 Å². The number of hydrogen-bond donors (Lipinski definition) is 7. The fourth-order valence-electron chi connectivity index (χ4n) is 2.85. The zero-order valence-corrected chi connectivity index (χ0v) is 18.3. The molecule has 0 saturated heterocycles. The molecule has 0 bridgehead atoms. The number of carboxylic acids is 1. The minimum atomic E-state index is -1.54. The fourth-order valence-corrected chi connectivity index (χ4v) is 2.85. The van der Waals surface area contributed by atoms with Gasteiger partial charge in [-0.2, -0.15) is 0 Å². The van der Waals surface area contributed by atoms with Crippen LogP contribution in [-0.4, -0.2) is 75.9 Å². The van der Waals surface area contributed by atoms with E-state index in [1.165, 1.54) is 6.92 Å². The van der Waals surface area contributed by atoms with Gasteiger partial charge in [0.15, 0.2) is 0 Å². The summed E-state index contributed by atoms with van der Waals surface area (Å²) in [4.78, 5) is 48.7. The van der Waals surface area contributed by atoms with Crippen LogP contribution in [0.15, 0.2) is 30.3 Å². The normalized spacial score (nSPS) is 15.7. The lowest BCUT2D eigenvalue weighted by Gasteiger charge is -2.28. The number of benzene rings is 1. The molecule has 1 aromatic rings. The maximum absolute atomic E-state index is 12.7. The second kappa shape index (κ2) is 12.7. The van der Waals surface area contributed by atoms with E-state index in [0.717, 1.165) is 5.56 Å². The van der Waals surface area contributed by atoms with Crippen molar-refractivity contribution >= 4 is 23.7 Å². The van der Waals surface area contributed by atoms with Gasteiger partial charge in [-0.15, -0.1) is 0 Å². The molecule has 0 spiro atoms. The number of carbonyl (C=O) groups excluding carboxylic acids is 3. The molecule has 11 heteroatoms. The van der Waals surface area contributed by atoms with Crippen molar-refractivity contribution in [2.75, 3.05) is 6.61 Å². The number of nitrogens with two attached hydrogens (primary N) is 1. The highest BCUT2D eigenvalue weighted by Crippen LogP contribution is 2.06. The average Bonchev–Trinajstić information content (AvgIpc) is 2.73. The summed E-state index contributed by atoms with van der Waals surface area (Å²) < 4.78 is 0. The van der Waals surface area contributed by atoms with E-state index in [-0.39, 0.29) is 6.42 Å². The number of carboxylic acid groups (broad SMARTS) is 1. The van der Waals surface area contributed by atoms with E-state index in [0.29, 0.717) is 0 Å². The molecule has 5 atom stereocenters. The Hall–Kier alpha value is -3.02. The number of aliphatic carboxylic acids is 1. The summed E-state index contributed by atoms with van der Waals surface area (Å²) in [5, 5.41) is 35.1. The zero-order chi connectivity index (χ0) is 24.4. The molecular weight excluding hydrogens is 420 g/mol. The lowest BCUT2D eigenvalue weighted by molar-refractivity contribution is -0.143. The van der Waals surface area contributed by atoms with E-state index in [9.17, 15) is 24.3 Å². The number of rotatable bonds is 12. The van der Waals surface area contributed by atoms with Crippen LogP contribution in [0.2, 0.25) is 0 Å². The Morgan fingerprint density at radius 3 is 1.91 bits per heavy atom. The molecule has 0 aliphatic heterocycles. The maximum atomic E-state index is 12.7. The van der Waals surface area contributed by atoms with Crippen molar-refractivity contribution in [2.45, 2.75) is 57.5 Å². The molecule has 0 aliphatic carbocycles. The molecule has 0 fully saturated rings. The molecule has 0 aromatic heterocycles. The molecule has 8 N–H and O–H groups in total. The van der Waals surface area contributed by atoms with E-state index in [4.69, 9.17) is 15.9 Å². The van der Waals surface area contributed by atoms with Gasteiger partial charge in [-0.05, 0) is 24.8 Å². The molecule has 5 unspecified atom stereocenters. The third-order valence-electron chi connectivity index (χ3n) is 4.74. The smallest absolute Gasteiger partial charge is 0.328 e. The van der Waals surface area contributed by atoms with Crippen molar-refractivity contribution in [2.24, 2.45) is 11.7 Å². The summed E-state index contributed by atoms with van der Waals surface area (Å²) in [6.45, 7) is 3.70. The highest BCUT2D eigenvalue weighted by Gasteiger charge is 2.33. The largest absolute Gasteiger partial charge is 0.480 e. The fraction of sp³-hybridized carbons (Fsp3) is 0.524. The molecule has 0 radical (unpaired) electrons. The van der Waals surface area contributed by atoms with E-state index < -0.39 is 66.5 Å². The lowest BCUT2D eigenvalue weighted by atomic mass is 10.0. The van der Waals surface area contributed by atoms with E-state index in [2.05, 4.69) is 16.0 Å². The van der Waals surface area contributed by atoms with Crippen LogP contribution < -0.4 is 21.7 Å². The van der Waals surface area contributed by atoms with Gasteiger partial charge < -0.3 is 37.0 Å². The molecule has 1 rings (SSSR count). The molecule has 0 aliphatic rings. The highest BCUT2D eigenvalue weighted by atomic mass is 16.4. The molecule has 0 heterocycles. The number of nitrogens with one attached hydrogen (secondary N) is 3. The van der Waals surface area contributed by atoms with Gasteiger partial charge in [0.2, 0.25) is 17.7 Å².